The summed E-state index contributed by atoms with van der Waals surface area (Å²) < 4.78 is 0. The molecule has 0 spiro atoms. The van der Waals surface area contributed by atoms with Gasteiger partial charge in [-0.3, -0.25) is 9.59 Å². The lowest BCUT2D eigenvalue weighted by Gasteiger charge is -2.04. The molecule has 0 aromatic heterocycles. The zero-order valence-electron chi connectivity index (χ0n) is 10.7. The molecule has 0 saturated carbocycles. The summed E-state index contributed by atoms with van der Waals surface area (Å²) in [6.45, 7) is 2.11. The first-order chi connectivity index (χ1) is 8.81. The molecular weight excluding hydrogens is 270 g/mol. The Morgan fingerprint density at radius 3 is 2.61 bits per heavy atom. The van der Waals surface area contributed by atoms with Gasteiger partial charge in [0.15, 0.2) is 0 Å². The van der Waals surface area contributed by atoms with Crippen molar-refractivity contribution in [1.29, 1.82) is 0 Å². The van der Waals surface area contributed by atoms with Crippen LogP contribution in [0.2, 0.25) is 0 Å². The summed E-state index contributed by atoms with van der Waals surface area (Å²) >= 11 is 0. The SMILES string of the molecule is NCCSSCCNC(=O)CCCCCNC=O. The lowest BCUT2D eigenvalue weighted by Crippen LogP contribution is -2.25. The van der Waals surface area contributed by atoms with Crippen molar-refractivity contribution in [2.45, 2.75) is 25.7 Å². The van der Waals surface area contributed by atoms with Gasteiger partial charge in [-0.15, -0.1) is 0 Å². The fourth-order valence-corrected chi connectivity index (χ4v) is 3.00. The van der Waals surface area contributed by atoms with Gasteiger partial charge in [0.2, 0.25) is 12.3 Å². The maximum Gasteiger partial charge on any atom is 0.220 e. The molecule has 0 aliphatic rings. The smallest absolute Gasteiger partial charge is 0.220 e. The molecule has 0 fully saturated rings. The molecule has 0 radical (unpaired) electrons. The second kappa shape index (κ2) is 14.7. The summed E-state index contributed by atoms with van der Waals surface area (Å²) in [5.41, 5.74) is 5.36. The number of carbonyl (C=O) groups excluding carboxylic acids is 2. The zero-order valence-corrected chi connectivity index (χ0v) is 12.3. The third-order valence-electron chi connectivity index (χ3n) is 2.10. The normalized spacial score (nSPS) is 10.1. The van der Waals surface area contributed by atoms with E-state index in [2.05, 4.69) is 10.6 Å². The Labute approximate surface area is 117 Å². The van der Waals surface area contributed by atoms with E-state index in [1.54, 1.807) is 21.6 Å². The monoisotopic (exact) mass is 293 g/mol. The van der Waals surface area contributed by atoms with Gasteiger partial charge in [0, 0.05) is 37.6 Å². The molecule has 0 aliphatic carbocycles. The number of nitrogens with two attached hydrogens (primary N) is 1. The third-order valence-corrected chi connectivity index (χ3v) is 4.54. The fourth-order valence-electron chi connectivity index (χ4n) is 1.23. The van der Waals surface area contributed by atoms with Crippen molar-refractivity contribution in [2.75, 3.05) is 31.1 Å². The topological polar surface area (TPSA) is 84.2 Å². The standard InChI is InChI=1S/C11H23N3O2S2/c12-5-8-17-18-9-7-14-11(16)4-2-1-3-6-13-10-15/h10H,1-9,12H2,(H,13,15)(H,14,16). The summed E-state index contributed by atoms with van der Waals surface area (Å²) in [7, 11) is 3.48. The van der Waals surface area contributed by atoms with Gasteiger partial charge in [0.1, 0.15) is 0 Å². The van der Waals surface area contributed by atoms with Gasteiger partial charge in [0.25, 0.3) is 0 Å². The maximum atomic E-state index is 11.4. The molecule has 0 aromatic rings. The van der Waals surface area contributed by atoms with E-state index in [0.29, 0.717) is 32.5 Å². The highest BCUT2D eigenvalue weighted by molar-refractivity contribution is 8.76. The molecule has 0 rings (SSSR count). The summed E-state index contributed by atoms with van der Waals surface area (Å²) in [5, 5.41) is 5.49. The van der Waals surface area contributed by atoms with Gasteiger partial charge in [0.05, 0.1) is 0 Å². The third kappa shape index (κ3) is 13.7. The molecule has 106 valence electrons. The summed E-state index contributed by atoms with van der Waals surface area (Å²) in [5.74, 6) is 1.98. The van der Waals surface area contributed by atoms with E-state index in [-0.39, 0.29) is 5.91 Å². The molecule has 0 aliphatic heterocycles. The molecule has 7 heteroatoms. The Morgan fingerprint density at radius 2 is 1.89 bits per heavy atom. The number of nitrogens with one attached hydrogen (secondary N) is 2. The highest BCUT2D eigenvalue weighted by atomic mass is 33.1. The molecule has 5 nitrogen and oxygen atoms in total. The molecule has 0 heterocycles. The molecule has 0 bridgehead atoms. The first kappa shape index (κ1) is 17.6. The molecular formula is C11H23N3O2S2. The van der Waals surface area contributed by atoms with E-state index in [9.17, 15) is 9.59 Å². The first-order valence-electron chi connectivity index (χ1n) is 6.19. The van der Waals surface area contributed by atoms with Gasteiger partial charge in [-0.2, -0.15) is 0 Å². The number of amides is 2. The van der Waals surface area contributed by atoms with Crippen LogP contribution < -0.4 is 16.4 Å². The molecule has 2 amide bonds. The average molecular weight is 293 g/mol. The first-order valence-corrected chi connectivity index (χ1v) is 8.68. The highest BCUT2D eigenvalue weighted by Gasteiger charge is 2.00. The Morgan fingerprint density at radius 1 is 1.11 bits per heavy atom. The second-order valence-corrected chi connectivity index (χ2v) is 6.37. The number of hydrogen-bond donors (Lipinski definition) is 3. The van der Waals surface area contributed by atoms with Gasteiger partial charge >= 0.3 is 0 Å². The number of carbonyl (C=O) groups is 2. The molecule has 18 heavy (non-hydrogen) atoms. The van der Waals surface area contributed by atoms with Gasteiger partial charge in [-0.05, 0) is 12.8 Å². The number of unbranched alkanes of at least 4 members (excludes halogenated alkanes) is 2. The molecule has 0 atom stereocenters. The van der Waals surface area contributed by atoms with Crippen molar-refractivity contribution in [1.82, 2.24) is 10.6 Å². The van der Waals surface area contributed by atoms with Crippen LogP contribution in [-0.2, 0) is 9.59 Å². The summed E-state index contributed by atoms with van der Waals surface area (Å²) in [4.78, 5) is 21.4. The minimum absolute atomic E-state index is 0.114. The van der Waals surface area contributed by atoms with Gasteiger partial charge < -0.3 is 16.4 Å². The summed E-state index contributed by atoms with van der Waals surface area (Å²) in [6.07, 6.45) is 4.04. The van der Waals surface area contributed by atoms with Crippen molar-refractivity contribution in [3.63, 3.8) is 0 Å². The van der Waals surface area contributed by atoms with Gasteiger partial charge in [-0.1, -0.05) is 28.0 Å². The quantitative estimate of drug-likeness (QED) is 0.265. The van der Waals surface area contributed by atoms with Crippen molar-refractivity contribution in [3.8, 4) is 0 Å². The van der Waals surface area contributed by atoms with E-state index in [1.807, 2.05) is 0 Å². The van der Waals surface area contributed by atoms with Crippen molar-refractivity contribution in [3.05, 3.63) is 0 Å². The Hall–Kier alpha value is -0.400. The lowest BCUT2D eigenvalue weighted by atomic mass is 10.2. The van der Waals surface area contributed by atoms with Crippen LogP contribution in [-0.4, -0.2) is 43.5 Å². The van der Waals surface area contributed by atoms with Crippen LogP contribution in [0, 0.1) is 0 Å². The summed E-state index contributed by atoms with van der Waals surface area (Å²) in [6, 6.07) is 0. The molecule has 4 N–H and O–H groups in total. The van der Waals surface area contributed by atoms with Crippen molar-refractivity contribution >= 4 is 33.9 Å². The predicted octanol–water partition coefficient (Wildman–Crippen LogP) is 0.749. The largest absolute Gasteiger partial charge is 0.359 e. The van der Waals surface area contributed by atoms with Crippen LogP contribution in [0.25, 0.3) is 0 Å². The predicted molar refractivity (Wildman–Crippen MR) is 79.5 cm³/mol. The minimum atomic E-state index is 0.114. The van der Waals surface area contributed by atoms with Crippen molar-refractivity contribution in [2.24, 2.45) is 5.73 Å². The maximum absolute atomic E-state index is 11.4. The van der Waals surface area contributed by atoms with E-state index < -0.39 is 0 Å². The van der Waals surface area contributed by atoms with Crippen LogP contribution in [0.3, 0.4) is 0 Å². The number of rotatable bonds is 13. The lowest BCUT2D eigenvalue weighted by molar-refractivity contribution is -0.121. The van der Waals surface area contributed by atoms with Crippen LogP contribution in [0.4, 0.5) is 0 Å². The molecule has 0 unspecified atom stereocenters. The van der Waals surface area contributed by atoms with Crippen LogP contribution in [0.5, 0.6) is 0 Å². The Balaban J connectivity index is 3.15. The van der Waals surface area contributed by atoms with E-state index >= 15 is 0 Å². The van der Waals surface area contributed by atoms with E-state index in [4.69, 9.17) is 5.73 Å². The zero-order chi connectivity index (χ0) is 13.5. The van der Waals surface area contributed by atoms with Gasteiger partial charge in [-0.25, -0.2) is 0 Å². The van der Waals surface area contributed by atoms with Crippen molar-refractivity contribution < 1.29 is 9.59 Å². The second-order valence-electron chi connectivity index (χ2n) is 3.67. The number of hydrogen-bond acceptors (Lipinski definition) is 5. The Kier molecular flexibility index (Phi) is 14.3. The highest BCUT2D eigenvalue weighted by Crippen LogP contribution is 2.18. The Bertz CT molecular complexity index is 218. The molecule has 0 saturated heterocycles. The van der Waals surface area contributed by atoms with Crippen LogP contribution in [0.1, 0.15) is 25.7 Å². The van der Waals surface area contributed by atoms with Crippen LogP contribution in [0.15, 0.2) is 0 Å². The van der Waals surface area contributed by atoms with Crippen LogP contribution >= 0.6 is 21.6 Å². The molecule has 0 aromatic carbocycles. The average Bonchev–Trinajstić information content (AvgIpc) is 2.38. The minimum Gasteiger partial charge on any atom is -0.359 e. The van der Waals surface area contributed by atoms with E-state index in [1.165, 1.54) is 0 Å². The fraction of sp³-hybridized carbons (Fsp3) is 0.818. The van der Waals surface area contributed by atoms with E-state index in [0.717, 1.165) is 30.8 Å².